The van der Waals surface area contributed by atoms with E-state index in [1.54, 1.807) is 0 Å². The van der Waals surface area contributed by atoms with E-state index in [1.165, 1.54) is 36.5 Å². The zero-order valence-corrected chi connectivity index (χ0v) is 13.1. The van der Waals surface area contributed by atoms with Gasteiger partial charge in [0.15, 0.2) is 0 Å². The molecule has 0 aliphatic heterocycles. The summed E-state index contributed by atoms with van der Waals surface area (Å²) in [5.41, 5.74) is 0. The molecule has 0 N–H and O–H groups in total. The second kappa shape index (κ2) is 11.5. The molecule has 0 spiro atoms. The third-order valence-corrected chi connectivity index (χ3v) is 6.66. The molecule has 0 saturated heterocycles. The summed E-state index contributed by atoms with van der Waals surface area (Å²) in [5, 5.41) is 0.838. The predicted octanol–water partition coefficient (Wildman–Crippen LogP) is 5.34. The van der Waals surface area contributed by atoms with Gasteiger partial charge in [0.25, 0.3) is 0 Å². The average molecular weight is 267 g/mol. The van der Waals surface area contributed by atoms with E-state index < -0.39 is 0 Å². The van der Waals surface area contributed by atoms with Gasteiger partial charge in [0, 0.05) is 16.8 Å². The molecule has 0 saturated carbocycles. The molecule has 0 aromatic carbocycles. The van der Waals surface area contributed by atoms with Crippen molar-refractivity contribution in [3.63, 3.8) is 0 Å². The van der Waals surface area contributed by atoms with Gasteiger partial charge in [0.05, 0.1) is 0 Å². The van der Waals surface area contributed by atoms with Gasteiger partial charge in [-0.15, -0.1) is 0 Å². The van der Waals surface area contributed by atoms with Crippen LogP contribution in [0.1, 0.15) is 47.0 Å². The zero-order chi connectivity index (χ0) is 11.5. The lowest BCUT2D eigenvalue weighted by molar-refractivity contribution is 0.760. The maximum Gasteiger partial charge on any atom is 0.00705 e. The molecular formula is C12H26S3. The number of hydrogen-bond acceptors (Lipinski definition) is 3. The van der Waals surface area contributed by atoms with Crippen LogP contribution >= 0.6 is 33.3 Å². The van der Waals surface area contributed by atoms with Crippen LogP contribution in [0.25, 0.3) is 0 Å². The van der Waals surface area contributed by atoms with Crippen molar-refractivity contribution in [3.05, 3.63) is 0 Å². The Morgan fingerprint density at radius 3 is 2.33 bits per heavy atom. The fourth-order valence-corrected chi connectivity index (χ4v) is 4.74. The Labute approximate surface area is 109 Å². The Kier molecular flexibility index (Phi) is 12.3. The van der Waals surface area contributed by atoms with E-state index in [9.17, 15) is 0 Å². The highest BCUT2D eigenvalue weighted by molar-refractivity contribution is 8.76. The Balaban J connectivity index is 3.21. The van der Waals surface area contributed by atoms with Gasteiger partial charge in [0.2, 0.25) is 0 Å². The maximum atomic E-state index is 2.38. The summed E-state index contributed by atoms with van der Waals surface area (Å²) >= 11 is 2.13. The molecule has 1 unspecified atom stereocenters. The van der Waals surface area contributed by atoms with Gasteiger partial charge in [-0.1, -0.05) is 55.7 Å². The molecule has 0 bridgehead atoms. The third kappa shape index (κ3) is 11.3. The number of thioether (sulfide) groups is 1. The Morgan fingerprint density at radius 1 is 1.00 bits per heavy atom. The molecular weight excluding hydrogens is 240 g/mol. The van der Waals surface area contributed by atoms with Crippen molar-refractivity contribution in [1.82, 2.24) is 0 Å². The van der Waals surface area contributed by atoms with E-state index in [2.05, 4.69) is 61.0 Å². The lowest BCUT2D eigenvalue weighted by Gasteiger charge is -2.13. The predicted molar refractivity (Wildman–Crippen MR) is 81.2 cm³/mol. The highest BCUT2D eigenvalue weighted by Crippen LogP contribution is 2.27. The first kappa shape index (κ1) is 16.1. The van der Waals surface area contributed by atoms with Crippen LogP contribution in [0.4, 0.5) is 0 Å². The minimum absolute atomic E-state index is 0.838. The van der Waals surface area contributed by atoms with Crippen LogP contribution in [0, 0.1) is 5.92 Å². The number of rotatable bonds is 10. The zero-order valence-electron chi connectivity index (χ0n) is 10.6. The van der Waals surface area contributed by atoms with Gasteiger partial charge in [-0.25, -0.2) is 0 Å². The van der Waals surface area contributed by atoms with Crippen LogP contribution < -0.4 is 0 Å². The molecule has 3 heteroatoms. The number of hydrogen-bond donors (Lipinski definition) is 0. The summed E-state index contributed by atoms with van der Waals surface area (Å²) in [7, 11) is 4.12. The third-order valence-electron chi connectivity index (χ3n) is 2.26. The van der Waals surface area contributed by atoms with Crippen molar-refractivity contribution < 1.29 is 0 Å². The summed E-state index contributed by atoms with van der Waals surface area (Å²) in [6.07, 6.45) is 4.00. The Bertz CT molecular complexity index is 128. The number of unbranched alkanes of at least 4 members (excludes halogenated alkanes) is 1. The standard InChI is InChI=1S/C12H26S3/c1-5-7-8-14-15-10-11(3)9-13-12(4)6-2/h11-12H,5-10H2,1-4H3/t11?,12-/m0/s1. The topological polar surface area (TPSA) is 0 Å². The molecule has 0 aromatic heterocycles. The minimum Gasteiger partial charge on any atom is -0.159 e. The normalized spacial score (nSPS) is 15.2. The molecule has 92 valence electrons. The molecule has 0 amide bonds. The molecule has 0 fully saturated rings. The van der Waals surface area contributed by atoms with Crippen molar-refractivity contribution in [2.24, 2.45) is 5.92 Å². The van der Waals surface area contributed by atoms with Gasteiger partial charge in [0.1, 0.15) is 0 Å². The van der Waals surface area contributed by atoms with Crippen LogP contribution in [-0.4, -0.2) is 22.5 Å². The maximum absolute atomic E-state index is 2.38. The van der Waals surface area contributed by atoms with Crippen molar-refractivity contribution >= 4 is 33.3 Å². The van der Waals surface area contributed by atoms with Crippen molar-refractivity contribution in [2.75, 3.05) is 17.3 Å². The largest absolute Gasteiger partial charge is 0.159 e. The summed E-state index contributed by atoms with van der Waals surface area (Å²) in [4.78, 5) is 0. The lowest BCUT2D eigenvalue weighted by Crippen LogP contribution is -2.05. The van der Waals surface area contributed by atoms with E-state index in [0.29, 0.717) is 0 Å². The summed E-state index contributed by atoms with van der Waals surface area (Å²) in [6.45, 7) is 9.25. The molecule has 0 aliphatic carbocycles. The monoisotopic (exact) mass is 266 g/mol. The van der Waals surface area contributed by atoms with E-state index in [1.807, 2.05) is 0 Å². The highest BCUT2D eigenvalue weighted by Gasteiger charge is 2.05. The van der Waals surface area contributed by atoms with Gasteiger partial charge >= 0.3 is 0 Å². The minimum atomic E-state index is 0.838. The van der Waals surface area contributed by atoms with Crippen molar-refractivity contribution in [1.29, 1.82) is 0 Å². The van der Waals surface area contributed by atoms with Crippen LogP contribution in [0.15, 0.2) is 0 Å². The van der Waals surface area contributed by atoms with Gasteiger partial charge < -0.3 is 0 Å². The molecule has 2 atom stereocenters. The first-order chi connectivity index (χ1) is 7.20. The molecule has 15 heavy (non-hydrogen) atoms. The second-order valence-corrected chi connectivity index (χ2v) is 8.22. The SMILES string of the molecule is CCCCSSCC(C)CS[C@@H](C)CC. The Hall–Kier alpha value is 1.05. The fraction of sp³-hybridized carbons (Fsp3) is 1.00. The summed E-state index contributed by atoms with van der Waals surface area (Å²) in [5.74, 6) is 4.84. The second-order valence-electron chi connectivity index (χ2n) is 4.12. The van der Waals surface area contributed by atoms with Gasteiger partial charge in [-0.05, 0) is 24.5 Å². The van der Waals surface area contributed by atoms with Gasteiger partial charge in [-0.2, -0.15) is 11.8 Å². The molecule has 0 radical (unpaired) electrons. The van der Waals surface area contributed by atoms with E-state index in [4.69, 9.17) is 0 Å². The lowest BCUT2D eigenvalue weighted by atomic mass is 10.3. The first-order valence-electron chi connectivity index (χ1n) is 6.06. The molecule has 0 rings (SSSR count). The molecule has 0 nitrogen and oxygen atoms in total. The van der Waals surface area contributed by atoms with Crippen molar-refractivity contribution in [2.45, 2.75) is 52.2 Å². The molecule has 0 aromatic rings. The van der Waals surface area contributed by atoms with Crippen LogP contribution in [-0.2, 0) is 0 Å². The smallest absolute Gasteiger partial charge is 0.00705 e. The van der Waals surface area contributed by atoms with Crippen LogP contribution in [0.3, 0.4) is 0 Å². The highest BCUT2D eigenvalue weighted by atomic mass is 33.1. The molecule has 0 aliphatic rings. The van der Waals surface area contributed by atoms with Gasteiger partial charge in [-0.3, -0.25) is 0 Å². The fourth-order valence-electron chi connectivity index (χ4n) is 0.921. The van der Waals surface area contributed by atoms with E-state index in [0.717, 1.165) is 11.2 Å². The van der Waals surface area contributed by atoms with E-state index >= 15 is 0 Å². The summed E-state index contributed by atoms with van der Waals surface area (Å²) < 4.78 is 0. The van der Waals surface area contributed by atoms with Crippen LogP contribution in [0.5, 0.6) is 0 Å². The quantitative estimate of drug-likeness (QED) is 0.387. The van der Waals surface area contributed by atoms with Crippen LogP contribution in [0.2, 0.25) is 0 Å². The van der Waals surface area contributed by atoms with Crippen molar-refractivity contribution in [3.8, 4) is 0 Å². The Morgan fingerprint density at radius 2 is 1.73 bits per heavy atom. The average Bonchev–Trinajstić information content (AvgIpc) is 2.25. The summed E-state index contributed by atoms with van der Waals surface area (Å²) in [6, 6.07) is 0. The van der Waals surface area contributed by atoms with E-state index in [-0.39, 0.29) is 0 Å². The first-order valence-corrected chi connectivity index (χ1v) is 9.60. The molecule has 0 heterocycles.